The van der Waals surface area contributed by atoms with Crippen LogP contribution in [0.15, 0.2) is 285 Å². The van der Waals surface area contributed by atoms with Crippen LogP contribution in [0.2, 0.25) is 0 Å². The van der Waals surface area contributed by atoms with Gasteiger partial charge in [0.1, 0.15) is 0 Å². The molecule has 1 nitrogen and oxygen atoms in total. The Kier molecular flexibility index (Phi) is 9.40. The number of anilines is 3. The summed E-state index contributed by atoms with van der Waals surface area (Å²) in [5, 5.41) is 2.53. The quantitative estimate of drug-likeness (QED) is 0.154. The van der Waals surface area contributed by atoms with Gasteiger partial charge in [-0.05, 0) is 131 Å². The van der Waals surface area contributed by atoms with Crippen LogP contribution in [-0.4, -0.2) is 0 Å². The standard InChI is InChI=1S/C74H47NS/c1-3-19-48(20-4-1)50-37-41-52(42-38-50)73(53-43-39-51(40-44-53)49-21-5-2-6-22-49)61-28-12-7-25-57(61)58-46-45-54(47-66(58)73)75(68-34-18-36-70-72(68)60-27-11-16-35-69(60)76-70)67-33-17-32-65-71(67)59-26-10-15-31-64(59)74(65)62-29-13-8-23-55(62)56-24-9-14-30-63(56)74/h1-47H. The van der Waals surface area contributed by atoms with E-state index < -0.39 is 10.8 Å². The summed E-state index contributed by atoms with van der Waals surface area (Å²) < 4.78 is 2.56. The smallest absolute Gasteiger partial charge is 0.0726 e. The molecule has 0 saturated heterocycles. The van der Waals surface area contributed by atoms with Gasteiger partial charge in [0, 0.05) is 31.4 Å². The van der Waals surface area contributed by atoms with Gasteiger partial charge in [0.15, 0.2) is 0 Å². The van der Waals surface area contributed by atoms with Gasteiger partial charge in [0.25, 0.3) is 0 Å². The highest BCUT2D eigenvalue weighted by Gasteiger charge is 2.53. The Morgan fingerprint density at radius 1 is 0.276 bits per heavy atom. The van der Waals surface area contributed by atoms with Crippen LogP contribution < -0.4 is 4.90 Å². The van der Waals surface area contributed by atoms with E-state index in [2.05, 4.69) is 290 Å². The van der Waals surface area contributed by atoms with Crippen molar-refractivity contribution in [1.82, 2.24) is 0 Å². The molecule has 0 bridgehead atoms. The molecule has 354 valence electrons. The van der Waals surface area contributed by atoms with Crippen molar-refractivity contribution in [3.05, 3.63) is 330 Å². The van der Waals surface area contributed by atoms with Crippen LogP contribution in [0.5, 0.6) is 0 Å². The molecule has 3 aliphatic rings. The van der Waals surface area contributed by atoms with Gasteiger partial charge < -0.3 is 4.90 Å². The number of benzene rings is 12. The third kappa shape index (κ3) is 5.90. The van der Waals surface area contributed by atoms with Gasteiger partial charge in [-0.2, -0.15) is 0 Å². The van der Waals surface area contributed by atoms with Crippen LogP contribution in [0, 0.1) is 0 Å². The van der Waals surface area contributed by atoms with Crippen LogP contribution in [0.1, 0.15) is 44.5 Å². The van der Waals surface area contributed by atoms with Crippen molar-refractivity contribution in [3.8, 4) is 55.6 Å². The Labute approximate surface area is 446 Å². The first-order valence-corrected chi connectivity index (χ1v) is 27.2. The van der Waals surface area contributed by atoms with E-state index >= 15 is 0 Å². The Morgan fingerprint density at radius 2 is 0.711 bits per heavy atom. The number of hydrogen-bond acceptors (Lipinski definition) is 2. The molecule has 1 heterocycles. The molecule has 1 spiro atoms. The Balaban J connectivity index is 0.995. The normalized spacial score (nSPS) is 13.7. The van der Waals surface area contributed by atoms with Crippen LogP contribution in [0.3, 0.4) is 0 Å². The number of thiophene rings is 1. The molecule has 0 fully saturated rings. The fraction of sp³-hybridized carbons (Fsp3) is 0.0270. The first-order chi connectivity index (χ1) is 37.7. The van der Waals surface area contributed by atoms with Crippen LogP contribution >= 0.6 is 11.3 Å². The largest absolute Gasteiger partial charge is 0.309 e. The highest BCUT2D eigenvalue weighted by Crippen LogP contribution is 2.65. The molecule has 76 heavy (non-hydrogen) atoms. The Morgan fingerprint density at radius 3 is 1.32 bits per heavy atom. The average Bonchev–Trinajstić information content (AvgIpc) is 4.41. The summed E-state index contributed by atoms with van der Waals surface area (Å²) in [6.07, 6.45) is 0. The second-order valence-electron chi connectivity index (χ2n) is 20.6. The fourth-order valence-electron chi connectivity index (χ4n) is 13.9. The van der Waals surface area contributed by atoms with E-state index in [4.69, 9.17) is 0 Å². The topological polar surface area (TPSA) is 3.24 Å². The predicted octanol–water partition coefficient (Wildman–Crippen LogP) is 19.6. The van der Waals surface area contributed by atoms with Gasteiger partial charge in [-0.1, -0.05) is 249 Å². The molecule has 0 N–H and O–H groups in total. The number of nitrogens with zero attached hydrogens (tertiary/aromatic N) is 1. The van der Waals surface area contributed by atoms with Crippen molar-refractivity contribution < 1.29 is 0 Å². The molecule has 0 radical (unpaired) electrons. The molecule has 0 atom stereocenters. The van der Waals surface area contributed by atoms with Crippen molar-refractivity contribution in [2.45, 2.75) is 10.8 Å². The lowest BCUT2D eigenvalue weighted by molar-refractivity contribution is 0.768. The molecule has 13 aromatic rings. The number of fused-ring (bicyclic) bond motifs is 16. The number of rotatable bonds is 7. The van der Waals surface area contributed by atoms with Crippen molar-refractivity contribution >= 4 is 48.6 Å². The Hall–Kier alpha value is -9.34. The average molecular weight is 982 g/mol. The van der Waals surface area contributed by atoms with Gasteiger partial charge in [-0.25, -0.2) is 0 Å². The maximum Gasteiger partial charge on any atom is 0.0726 e. The van der Waals surface area contributed by atoms with Crippen molar-refractivity contribution in [3.63, 3.8) is 0 Å². The lowest BCUT2D eigenvalue weighted by atomic mass is 9.67. The third-order valence-corrected chi connectivity index (χ3v) is 18.1. The Bertz CT molecular complexity index is 4320. The van der Waals surface area contributed by atoms with Gasteiger partial charge >= 0.3 is 0 Å². The van der Waals surface area contributed by atoms with E-state index in [1.807, 2.05) is 11.3 Å². The second-order valence-corrected chi connectivity index (χ2v) is 21.7. The monoisotopic (exact) mass is 981 g/mol. The van der Waals surface area contributed by atoms with Gasteiger partial charge in [-0.3, -0.25) is 0 Å². The lowest BCUT2D eigenvalue weighted by Crippen LogP contribution is -2.29. The van der Waals surface area contributed by atoms with E-state index in [0.29, 0.717) is 0 Å². The minimum Gasteiger partial charge on any atom is -0.309 e. The molecule has 16 rings (SSSR count). The summed E-state index contributed by atoms with van der Waals surface area (Å²) in [5.74, 6) is 0. The summed E-state index contributed by atoms with van der Waals surface area (Å²) in [7, 11) is 0. The summed E-state index contributed by atoms with van der Waals surface area (Å²) in [6.45, 7) is 0. The molecule has 3 aliphatic carbocycles. The molecule has 12 aromatic carbocycles. The zero-order valence-corrected chi connectivity index (χ0v) is 42.3. The van der Waals surface area contributed by atoms with E-state index in [9.17, 15) is 0 Å². The lowest BCUT2D eigenvalue weighted by Gasteiger charge is -2.35. The van der Waals surface area contributed by atoms with Crippen LogP contribution in [0.4, 0.5) is 17.1 Å². The van der Waals surface area contributed by atoms with Crippen molar-refractivity contribution in [1.29, 1.82) is 0 Å². The van der Waals surface area contributed by atoms with Crippen molar-refractivity contribution in [2.24, 2.45) is 0 Å². The van der Waals surface area contributed by atoms with Gasteiger partial charge in [-0.15, -0.1) is 11.3 Å². The van der Waals surface area contributed by atoms with Crippen molar-refractivity contribution in [2.75, 3.05) is 4.90 Å². The summed E-state index contributed by atoms with van der Waals surface area (Å²) in [5.41, 5.74) is 25.1. The molecule has 0 aliphatic heterocycles. The maximum absolute atomic E-state index is 2.62. The summed E-state index contributed by atoms with van der Waals surface area (Å²) in [6, 6.07) is 107. The minimum absolute atomic E-state index is 0.492. The molecule has 1 aromatic heterocycles. The maximum atomic E-state index is 2.62. The zero-order chi connectivity index (χ0) is 50.0. The summed E-state index contributed by atoms with van der Waals surface area (Å²) >= 11 is 1.88. The van der Waals surface area contributed by atoms with Gasteiger partial charge in [0.2, 0.25) is 0 Å². The molecular formula is C74H47NS. The third-order valence-electron chi connectivity index (χ3n) is 17.0. The fourth-order valence-corrected chi connectivity index (χ4v) is 15.1. The molecule has 2 heteroatoms. The molecule has 0 unspecified atom stereocenters. The number of hydrogen-bond donors (Lipinski definition) is 0. The van der Waals surface area contributed by atoms with E-state index in [1.165, 1.54) is 120 Å². The minimum atomic E-state index is -0.661. The second kappa shape index (κ2) is 16.6. The molecular weight excluding hydrogens is 935 g/mol. The molecule has 0 saturated carbocycles. The SMILES string of the molecule is c1ccc(-c2ccc(C3(c4ccc(-c5ccccc5)cc4)c4ccccc4-c4ccc(N(c5cccc6c5-c5ccccc5C65c6ccccc6-c6ccccc65)c5cccc6sc7ccccc7c56)cc43)cc2)cc1. The van der Waals surface area contributed by atoms with Crippen LogP contribution in [0.25, 0.3) is 75.8 Å². The summed E-state index contributed by atoms with van der Waals surface area (Å²) in [4.78, 5) is 2.62. The van der Waals surface area contributed by atoms with E-state index in [0.717, 1.165) is 17.1 Å². The molecule has 0 amide bonds. The van der Waals surface area contributed by atoms with E-state index in [1.54, 1.807) is 0 Å². The zero-order valence-electron chi connectivity index (χ0n) is 41.5. The van der Waals surface area contributed by atoms with Gasteiger partial charge in [0.05, 0.1) is 22.2 Å². The van der Waals surface area contributed by atoms with E-state index in [-0.39, 0.29) is 0 Å². The highest BCUT2D eigenvalue weighted by molar-refractivity contribution is 7.26. The first kappa shape index (κ1) is 43.1. The predicted molar refractivity (Wildman–Crippen MR) is 318 cm³/mol. The highest BCUT2D eigenvalue weighted by atomic mass is 32.1. The van der Waals surface area contributed by atoms with Crippen LogP contribution in [-0.2, 0) is 10.8 Å². The first-order valence-electron chi connectivity index (χ1n) is 26.4.